The number of ether oxygens (including phenoxy) is 1. The molecule has 2 amide bonds. The van der Waals surface area contributed by atoms with Crippen LogP contribution < -0.4 is 24.8 Å². The molecule has 4 rings (SSSR count). The van der Waals surface area contributed by atoms with E-state index >= 15 is 0 Å². The topological polar surface area (TPSA) is 217 Å². The van der Waals surface area contributed by atoms with Gasteiger partial charge in [0.15, 0.2) is 9.84 Å². The summed E-state index contributed by atoms with van der Waals surface area (Å²) in [6, 6.07) is 18.8. The van der Waals surface area contributed by atoms with Gasteiger partial charge in [-0.05, 0) is 85.7 Å². The van der Waals surface area contributed by atoms with Crippen molar-refractivity contribution in [2.75, 3.05) is 41.1 Å². The summed E-state index contributed by atoms with van der Waals surface area (Å²) in [5.41, 5.74) is 10.9. The second kappa shape index (κ2) is 15.8. The number of amides is 2. The predicted molar refractivity (Wildman–Crippen MR) is 192 cm³/mol. The highest BCUT2D eigenvalue weighted by Crippen LogP contribution is 2.38. The Morgan fingerprint density at radius 1 is 0.700 bits per heavy atom. The van der Waals surface area contributed by atoms with E-state index in [9.17, 15) is 34.8 Å². The number of isothiocyanates is 1. The molecule has 0 aromatic heterocycles. The fraction of sp³-hybridized carbons (Fsp3) is 0.219. The Morgan fingerprint density at radius 2 is 1.14 bits per heavy atom. The molecule has 0 heterocycles. The summed E-state index contributed by atoms with van der Waals surface area (Å²) in [6.07, 6.45) is 0.772. The van der Waals surface area contributed by atoms with Crippen LogP contribution in [0.1, 0.15) is 12.8 Å². The van der Waals surface area contributed by atoms with Gasteiger partial charge in [-0.3, -0.25) is 18.2 Å². The third-order valence-corrected chi connectivity index (χ3v) is 12.9. The summed E-state index contributed by atoms with van der Waals surface area (Å²) in [5.74, 6) is -1.76. The summed E-state index contributed by atoms with van der Waals surface area (Å²) in [4.78, 5) is 27.6. The molecule has 0 fully saturated rings. The van der Waals surface area contributed by atoms with Gasteiger partial charge in [0.2, 0.25) is 11.8 Å². The number of primary amides is 2. The van der Waals surface area contributed by atoms with Crippen LogP contribution in [0.25, 0.3) is 10.8 Å². The van der Waals surface area contributed by atoms with Crippen molar-refractivity contribution in [3.05, 3.63) is 84.9 Å². The van der Waals surface area contributed by atoms with Gasteiger partial charge in [-0.15, -0.1) is 0 Å². The summed E-state index contributed by atoms with van der Waals surface area (Å²) >= 11 is 4.50. The monoisotopic (exact) mass is 759 g/mol. The number of carbonyl (C=O) groups is 2. The molecule has 0 saturated heterocycles. The lowest BCUT2D eigenvalue weighted by Gasteiger charge is -2.28. The lowest BCUT2D eigenvalue weighted by atomic mass is 10.1. The van der Waals surface area contributed by atoms with E-state index in [-0.39, 0.29) is 42.6 Å². The van der Waals surface area contributed by atoms with Crippen molar-refractivity contribution in [2.24, 2.45) is 16.5 Å². The number of aliphatic imine (C=N–C) groups is 1. The first-order valence-electron chi connectivity index (χ1n) is 14.8. The summed E-state index contributed by atoms with van der Waals surface area (Å²) in [5, 5.41) is 2.60. The fourth-order valence-corrected chi connectivity index (χ4v) is 9.41. The highest BCUT2D eigenvalue weighted by atomic mass is 32.2. The number of nitrogens with two attached hydrogens (primary N) is 2. The molecule has 0 radical (unpaired) electrons. The summed E-state index contributed by atoms with van der Waals surface area (Å²) in [6.45, 7) is -1.23. The smallest absolute Gasteiger partial charge is 0.264 e. The second-order valence-electron chi connectivity index (χ2n) is 10.8. The van der Waals surface area contributed by atoms with E-state index in [1.54, 1.807) is 12.1 Å². The molecule has 0 aliphatic heterocycles. The van der Waals surface area contributed by atoms with Crippen LogP contribution in [0.4, 0.5) is 11.4 Å². The van der Waals surface area contributed by atoms with Crippen molar-refractivity contribution in [1.29, 1.82) is 0 Å². The molecule has 4 aromatic carbocycles. The first-order chi connectivity index (χ1) is 23.6. The van der Waals surface area contributed by atoms with Gasteiger partial charge in [-0.1, -0.05) is 24.3 Å². The lowest BCUT2D eigenvalue weighted by Crippen LogP contribution is -2.39. The van der Waals surface area contributed by atoms with Crippen LogP contribution in [-0.2, 0) is 39.5 Å². The summed E-state index contributed by atoms with van der Waals surface area (Å²) < 4.78 is 88.3. The first kappa shape index (κ1) is 37.9. The molecule has 0 bridgehead atoms. The number of rotatable bonds is 17. The minimum absolute atomic E-state index is 0.000904. The number of hydrogen-bond donors (Lipinski definition) is 2. The van der Waals surface area contributed by atoms with Crippen molar-refractivity contribution < 1.29 is 39.6 Å². The van der Waals surface area contributed by atoms with Gasteiger partial charge in [-0.25, -0.2) is 30.2 Å². The fourth-order valence-electron chi connectivity index (χ4n) is 5.05. The van der Waals surface area contributed by atoms with E-state index in [0.29, 0.717) is 25.1 Å². The minimum atomic E-state index is -4.57. The van der Waals surface area contributed by atoms with E-state index in [0.717, 1.165) is 32.9 Å². The van der Waals surface area contributed by atoms with E-state index < -0.39 is 54.8 Å². The van der Waals surface area contributed by atoms with Crippen molar-refractivity contribution in [3.63, 3.8) is 0 Å². The van der Waals surface area contributed by atoms with E-state index in [2.05, 4.69) is 22.4 Å². The van der Waals surface area contributed by atoms with Crippen LogP contribution in [-0.4, -0.2) is 74.7 Å². The van der Waals surface area contributed by atoms with Crippen molar-refractivity contribution in [1.82, 2.24) is 0 Å². The minimum Gasteiger partial charge on any atom is -0.497 e. The van der Waals surface area contributed by atoms with E-state index in [1.165, 1.54) is 55.6 Å². The molecule has 0 unspecified atom stereocenters. The molecule has 14 nitrogen and oxygen atoms in total. The third kappa shape index (κ3) is 8.46. The number of carbonyl (C=O) groups excluding carboxylic acids is 2. The van der Waals surface area contributed by atoms with Gasteiger partial charge in [-0.2, -0.15) is 0 Å². The number of sulfonamides is 2. The second-order valence-corrected chi connectivity index (χ2v) is 16.8. The molecular formula is C32H33N5O9S4. The number of unbranched alkanes of at least 4 members (excludes halogenated alkanes) is 1. The number of hydrogen-bond acceptors (Lipinski definition) is 11. The Balaban J connectivity index is 1.80. The quantitative estimate of drug-likeness (QED) is 0.0912. The van der Waals surface area contributed by atoms with E-state index in [4.69, 9.17) is 16.2 Å². The van der Waals surface area contributed by atoms with Gasteiger partial charge < -0.3 is 16.2 Å². The number of fused-ring (bicyclic) bond motifs is 1. The highest BCUT2D eigenvalue weighted by Gasteiger charge is 2.32. The van der Waals surface area contributed by atoms with Crippen molar-refractivity contribution >= 4 is 81.2 Å². The molecule has 18 heteroatoms. The molecule has 264 valence electrons. The normalized spacial score (nSPS) is 11.8. The van der Waals surface area contributed by atoms with Gasteiger partial charge in [0.25, 0.3) is 20.0 Å². The number of methoxy groups -OCH3 is 1. The molecule has 4 N–H and O–H groups in total. The van der Waals surface area contributed by atoms with Crippen LogP contribution in [0.5, 0.6) is 5.75 Å². The molecule has 0 spiro atoms. The Labute approximate surface area is 295 Å². The van der Waals surface area contributed by atoms with Crippen molar-refractivity contribution in [2.45, 2.75) is 27.5 Å². The van der Waals surface area contributed by atoms with Crippen LogP contribution in [0.2, 0.25) is 0 Å². The maximum absolute atomic E-state index is 14.1. The zero-order valence-corrected chi connectivity index (χ0v) is 29.9. The molecule has 0 aliphatic carbocycles. The number of sulfone groups is 1. The third-order valence-electron chi connectivity index (χ3n) is 7.43. The predicted octanol–water partition coefficient (Wildman–Crippen LogP) is 2.87. The zero-order valence-electron chi connectivity index (χ0n) is 26.6. The van der Waals surface area contributed by atoms with Crippen molar-refractivity contribution in [3.8, 4) is 5.75 Å². The van der Waals surface area contributed by atoms with Gasteiger partial charge in [0, 0.05) is 17.3 Å². The maximum Gasteiger partial charge on any atom is 0.264 e. The maximum atomic E-state index is 14.1. The standard InChI is InChI=1S/C32H33N5O9S4/c1-46-23-8-10-25(11-9-23)49(42,43)36(20-31(33)38)29-16-17-30(28-7-3-2-6-27(28)29)37(21-32(34)39)50(44,45)26-14-12-24(13-15-26)48(40,41)19-5-4-18-35-22-47/h2-3,6-17H,4-5,18-21H2,1H3,(H2,33,38)(H2,34,39). The van der Waals surface area contributed by atoms with Crippen LogP contribution in [0, 0.1) is 0 Å². The Bertz CT molecular complexity index is 2270. The first-order valence-corrected chi connectivity index (χ1v) is 19.7. The van der Waals surface area contributed by atoms with E-state index in [1.807, 2.05) is 0 Å². The number of nitrogens with zero attached hydrogens (tertiary/aromatic N) is 3. The molecule has 0 atom stereocenters. The number of benzene rings is 4. The Morgan fingerprint density at radius 3 is 1.56 bits per heavy atom. The van der Waals surface area contributed by atoms with Gasteiger partial charge in [0.05, 0.1) is 44.1 Å². The summed E-state index contributed by atoms with van der Waals surface area (Å²) in [7, 11) is -11.3. The van der Waals surface area contributed by atoms with Crippen LogP contribution in [0.15, 0.2) is 105 Å². The van der Waals surface area contributed by atoms with Gasteiger partial charge in [0.1, 0.15) is 18.8 Å². The largest absolute Gasteiger partial charge is 0.497 e. The average Bonchev–Trinajstić information content (AvgIpc) is 3.09. The Hall–Kier alpha value is -4.87. The highest BCUT2D eigenvalue weighted by molar-refractivity contribution is 7.93. The van der Waals surface area contributed by atoms with Crippen LogP contribution in [0.3, 0.4) is 0 Å². The SMILES string of the molecule is COc1ccc(S(=O)(=O)N(CC(N)=O)c2ccc(N(CC(N)=O)S(=O)(=O)c3ccc(S(=O)(=O)CCCCN=C=S)cc3)c3ccccc23)cc1. The van der Waals surface area contributed by atoms with Gasteiger partial charge >= 0.3 is 0 Å². The number of anilines is 2. The Kier molecular flexibility index (Phi) is 12.0. The lowest BCUT2D eigenvalue weighted by molar-refractivity contribution is -0.117. The molecule has 50 heavy (non-hydrogen) atoms. The number of thiocarbonyl (C=S) groups is 1. The average molecular weight is 760 g/mol. The molecular weight excluding hydrogens is 727 g/mol. The van der Waals surface area contributed by atoms with Crippen LogP contribution >= 0.6 is 12.2 Å². The molecule has 0 saturated carbocycles. The zero-order chi connectivity index (χ0) is 36.7. The molecule has 4 aromatic rings. The molecule has 0 aliphatic rings.